The Kier molecular flexibility index (Phi) is 2.03. The van der Waals surface area contributed by atoms with Crippen LogP contribution in [0.2, 0.25) is 0 Å². The summed E-state index contributed by atoms with van der Waals surface area (Å²) in [6.07, 6.45) is 1.42. The van der Waals surface area contributed by atoms with Gasteiger partial charge in [0, 0.05) is 0 Å². The molecular weight excluding hydrogens is 222 g/mol. The molecule has 3 rings (SSSR count). The van der Waals surface area contributed by atoms with Crippen molar-refractivity contribution in [2.75, 3.05) is 13.2 Å². The van der Waals surface area contributed by atoms with Crippen molar-refractivity contribution in [1.29, 1.82) is 0 Å². The SMILES string of the molecule is C[C@@]12C(=O)N(CCO)C(=O)[C@]1(C)C1CCC2O1. The molecule has 0 aromatic heterocycles. The number of rotatable bonds is 2. The molecule has 5 heteroatoms. The predicted molar refractivity (Wildman–Crippen MR) is 57.9 cm³/mol. The Balaban J connectivity index is 2.09. The molecule has 0 radical (unpaired) electrons. The number of hydrogen-bond acceptors (Lipinski definition) is 4. The Morgan fingerprint density at radius 3 is 2.12 bits per heavy atom. The zero-order valence-corrected chi connectivity index (χ0v) is 10.1. The maximum Gasteiger partial charge on any atom is 0.239 e. The Morgan fingerprint density at radius 2 is 1.71 bits per heavy atom. The van der Waals surface area contributed by atoms with E-state index in [1.165, 1.54) is 4.90 Å². The smallest absolute Gasteiger partial charge is 0.239 e. The van der Waals surface area contributed by atoms with Gasteiger partial charge in [-0.2, -0.15) is 0 Å². The summed E-state index contributed by atoms with van der Waals surface area (Å²) in [4.78, 5) is 26.1. The molecule has 0 aromatic carbocycles. The van der Waals surface area contributed by atoms with Crippen LogP contribution in [-0.4, -0.2) is 47.2 Å². The van der Waals surface area contributed by atoms with E-state index >= 15 is 0 Å². The molecule has 0 aromatic rings. The fraction of sp³-hybridized carbons (Fsp3) is 0.833. The minimum Gasteiger partial charge on any atom is -0.395 e. The normalized spacial score (nSPS) is 48.1. The van der Waals surface area contributed by atoms with Crippen LogP contribution in [0, 0.1) is 10.8 Å². The van der Waals surface area contributed by atoms with Crippen LogP contribution < -0.4 is 0 Å². The van der Waals surface area contributed by atoms with Crippen LogP contribution in [0.3, 0.4) is 0 Å². The topological polar surface area (TPSA) is 66.8 Å². The first kappa shape index (κ1) is 11.2. The van der Waals surface area contributed by atoms with Gasteiger partial charge in [-0.1, -0.05) is 0 Å². The van der Waals surface area contributed by atoms with Gasteiger partial charge in [0.25, 0.3) is 0 Å². The molecule has 1 N–H and O–H groups in total. The molecule has 0 aliphatic carbocycles. The summed E-state index contributed by atoms with van der Waals surface area (Å²) >= 11 is 0. The van der Waals surface area contributed by atoms with E-state index in [1.807, 2.05) is 13.8 Å². The van der Waals surface area contributed by atoms with Crippen molar-refractivity contribution in [1.82, 2.24) is 4.90 Å². The largest absolute Gasteiger partial charge is 0.395 e. The quantitative estimate of drug-likeness (QED) is 0.684. The van der Waals surface area contributed by atoms with E-state index in [0.29, 0.717) is 0 Å². The zero-order valence-electron chi connectivity index (χ0n) is 10.1. The van der Waals surface area contributed by atoms with Crippen molar-refractivity contribution in [2.45, 2.75) is 38.9 Å². The van der Waals surface area contributed by atoms with Crippen molar-refractivity contribution in [3.63, 3.8) is 0 Å². The third kappa shape index (κ3) is 0.948. The second-order valence-corrected chi connectivity index (χ2v) is 5.58. The molecule has 3 saturated heterocycles. The summed E-state index contributed by atoms with van der Waals surface area (Å²) in [6, 6.07) is 0. The average molecular weight is 239 g/mol. The molecule has 2 bridgehead atoms. The van der Waals surface area contributed by atoms with E-state index in [-0.39, 0.29) is 37.2 Å². The summed E-state index contributed by atoms with van der Waals surface area (Å²) in [5.41, 5.74) is -1.47. The number of carbonyl (C=O) groups is 2. The second kappa shape index (κ2) is 3.09. The molecule has 2 unspecified atom stereocenters. The first-order chi connectivity index (χ1) is 7.97. The third-order valence-corrected chi connectivity index (χ3v) is 5.09. The fourth-order valence-electron chi connectivity index (χ4n) is 3.83. The minimum atomic E-state index is -0.734. The number of ether oxygens (including phenoxy) is 1. The second-order valence-electron chi connectivity index (χ2n) is 5.58. The number of fused-ring (bicyclic) bond motifs is 5. The van der Waals surface area contributed by atoms with Crippen LogP contribution in [0.15, 0.2) is 0 Å². The van der Waals surface area contributed by atoms with Crippen molar-refractivity contribution in [3.8, 4) is 0 Å². The lowest BCUT2D eigenvalue weighted by atomic mass is 9.59. The van der Waals surface area contributed by atoms with Crippen LogP contribution in [0.25, 0.3) is 0 Å². The molecule has 2 amide bonds. The Labute approximate surface area is 99.7 Å². The van der Waals surface area contributed by atoms with Gasteiger partial charge >= 0.3 is 0 Å². The highest BCUT2D eigenvalue weighted by Crippen LogP contribution is 2.63. The Morgan fingerprint density at radius 1 is 1.24 bits per heavy atom. The molecule has 17 heavy (non-hydrogen) atoms. The minimum absolute atomic E-state index is 0.0995. The van der Waals surface area contributed by atoms with E-state index < -0.39 is 10.8 Å². The van der Waals surface area contributed by atoms with Gasteiger partial charge in [0.05, 0.1) is 36.2 Å². The van der Waals surface area contributed by atoms with E-state index in [0.717, 1.165) is 12.8 Å². The van der Waals surface area contributed by atoms with Gasteiger partial charge in [0.15, 0.2) is 0 Å². The van der Waals surface area contributed by atoms with Crippen molar-refractivity contribution in [3.05, 3.63) is 0 Å². The highest BCUT2D eigenvalue weighted by Gasteiger charge is 2.76. The fourth-order valence-corrected chi connectivity index (χ4v) is 3.83. The van der Waals surface area contributed by atoms with Crippen molar-refractivity contribution in [2.24, 2.45) is 10.8 Å². The molecule has 5 nitrogen and oxygen atoms in total. The molecule has 3 aliphatic heterocycles. The van der Waals surface area contributed by atoms with E-state index in [1.54, 1.807) is 0 Å². The van der Waals surface area contributed by atoms with E-state index in [4.69, 9.17) is 9.84 Å². The predicted octanol–water partition coefficient (Wildman–Crippen LogP) is -0.0787. The number of imide groups is 1. The Bertz CT molecular complexity index is 375. The molecule has 3 aliphatic rings. The third-order valence-electron chi connectivity index (χ3n) is 5.09. The van der Waals surface area contributed by atoms with E-state index in [9.17, 15) is 9.59 Å². The van der Waals surface area contributed by atoms with Gasteiger partial charge in [0.2, 0.25) is 11.8 Å². The maximum absolute atomic E-state index is 12.4. The number of β-amino-alcohol motifs (C(OH)–C–C–N with tert-alkyl or cyclic N) is 1. The number of aliphatic hydroxyl groups is 1. The maximum atomic E-state index is 12.4. The summed E-state index contributed by atoms with van der Waals surface area (Å²) in [5.74, 6) is -0.350. The lowest BCUT2D eigenvalue weighted by molar-refractivity contribution is -0.145. The molecular formula is C12H17NO4. The van der Waals surface area contributed by atoms with Gasteiger partial charge in [-0.25, -0.2) is 0 Å². The van der Waals surface area contributed by atoms with Crippen LogP contribution in [0.4, 0.5) is 0 Å². The highest BCUT2D eigenvalue weighted by molar-refractivity contribution is 6.10. The zero-order chi connectivity index (χ0) is 12.4. The lowest BCUT2D eigenvalue weighted by Crippen LogP contribution is -2.48. The van der Waals surface area contributed by atoms with Crippen LogP contribution in [-0.2, 0) is 14.3 Å². The number of aliphatic hydroxyl groups excluding tert-OH is 1. The standard InChI is InChI=1S/C12H17NO4/c1-11-7-3-4-8(17-7)12(11,2)10(16)13(5-6-14)9(11)15/h7-8,14H,3-6H2,1-2H3/t7?,8?,11-,12+. The molecule has 0 spiro atoms. The van der Waals surface area contributed by atoms with Crippen LogP contribution in [0.1, 0.15) is 26.7 Å². The molecule has 94 valence electrons. The highest BCUT2D eigenvalue weighted by atomic mass is 16.5. The summed E-state index contributed by atoms with van der Waals surface area (Å²) < 4.78 is 5.78. The summed E-state index contributed by atoms with van der Waals surface area (Å²) in [6.45, 7) is 3.60. The van der Waals surface area contributed by atoms with Crippen molar-refractivity contribution < 1.29 is 19.4 Å². The number of likely N-dealkylation sites (tertiary alicyclic amines) is 1. The molecule has 3 heterocycles. The summed E-state index contributed by atoms with van der Waals surface area (Å²) in [5, 5.41) is 8.96. The summed E-state index contributed by atoms with van der Waals surface area (Å²) in [7, 11) is 0. The van der Waals surface area contributed by atoms with Crippen LogP contribution in [0.5, 0.6) is 0 Å². The van der Waals surface area contributed by atoms with Gasteiger partial charge in [0.1, 0.15) is 0 Å². The van der Waals surface area contributed by atoms with Gasteiger partial charge < -0.3 is 9.84 Å². The molecule has 4 atom stereocenters. The number of nitrogens with zero attached hydrogens (tertiary/aromatic N) is 1. The van der Waals surface area contributed by atoms with Gasteiger partial charge in [-0.05, 0) is 26.7 Å². The first-order valence-electron chi connectivity index (χ1n) is 6.10. The van der Waals surface area contributed by atoms with Crippen molar-refractivity contribution >= 4 is 11.8 Å². The monoisotopic (exact) mass is 239 g/mol. The molecule has 3 fully saturated rings. The van der Waals surface area contributed by atoms with Gasteiger partial charge in [-0.15, -0.1) is 0 Å². The Hall–Kier alpha value is -0.940. The van der Waals surface area contributed by atoms with Crippen LogP contribution >= 0.6 is 0 Å². The molecule has 0 saturated carbocycles. The number of carbonyl (C=O) groups excluding carboxylic acids is 2. The average Bonchev–Trinajstić information content (AvgIpc) is 2.91. The number of amides is 2. The lowest BCUT2D eigenvalue weighted by Gasteiger charge is -2.36. The van der Waals surface area contributed by atoms with E-state index in [2.05, 4.69) is 0 Å². The number of hydrogen-bond donors (Lipinski definition) is 1. The van der Waals surface area contributed by atoms with Gasteiger partial charge in [-0.3, -0.25) is 14.5 Å². The first-order valence-corrected chi connectivity index (χ1v) is 6.10.